The molecule has 82 valence electrons. The molecule has 1 aromatic heterocycles. The molecule has 7 nitrogen and oxygen atoms in total. The van der Waals surface area contributed by atoms with Crippen molar-refractivity contribution >= 4 is 17.5 Å². The maximum atomic E-state index is 11.5. The standard InChI is InChI=1S/C8H13N5O2/c1-13-7(5(9)4-12-13)8(15)11-3-2-6(10)14/h4H,2-3,9H2,1H3,(H2,10,14)(H,11,15). The van der Waals surface area contributed by atoms with Gasteiger partial charge in [-0.2, -0.15) is 5.10 Å². The van der Waals surface area contributed by atoms with Crippen molar-refractivity contribution in [2.24, 2.45) is 12.8 Å². The SMILES string of the molecule is Cn1ncc(N)c1C(=O)NCCC(N)=O. The molecule has 0 aliphatic rings. The predicted octanol–water partition coefficient (Wildman–Crippen LogP) is -1.39. The number of nitrogens with two attached hydrogens (primary N) is 2. The third-order valence-corrected chi connectivity index (χ3v) is 1.84. The molecule has 1 rings (SSSR count). The smallest absolute Gasteiger partial charge is 0.271 e. The molecule has 0 saturated heterocycles. The van der Waals surface area contributed by atoms with Gasteiger partial charge in [0.05, 0.1) is 11.9 Å². The van der Waals surface area contributed by atoms with Crippen LogP contribution in [0.4, 0.5) is 5.69 Å². The summed E-state index contributed by atoms with van der Waals surface area (Å²) in [6.07, 6.45) is 1.49. The number of nitrogens with one attached hydrogen (secondary N) is 1. The highest BCUT2D eigenvalue weighted by molar-refractivity contribution is 5.97. The molecule has 7 heteroatoms. The van der Waals surface area contributed by atoms with Crippen molar-refractivity contribution in [2.75, 3.05) is 12.3 Å². The Morgan fingerprint density at radius 3 is 2.73 bits per heavy atom. The Morgan fingerprint density at radius 1 is 1.60 bits per heavy atom. The molecule has 0 atom stereocenters. The average Bonchev–Trinajstić information content (AvgIpc) is 2.45. The molecule has 1 aromatic rings. The first-order chi connectivity index (χ1) is 7.02. The minimum atomic E-state index is -0.465. The number of primary amides is 1. The van der Waals surface area contributed by atoms with Gasteiger partial charge in [0.1, 0.15) is 5.69 Å². The van der Waals surface area contributed by atoms with Gasteiger partial charge in [-0.05, 0) is 0 Å². The van der Waals surface area contributed by atoms with Crippen LogP contribution >= 0.6 is 0 Å². The summed E-state index contributed by atoms with van der Waals surface area (Å²) in [5.41, 5.74) is 11.0. The fourth-order valence-corrected chi connectivity index (χ4v) is 1.12. The van der Waals surface area contributed by atoms with Crippen LogP contribution in [0.1, 0.15) is 16.9 Å². The zero-order valence-electron chi connectivity index (χ0n) is 8.36. The van der Waals surface area contributed by atoms with Crippen LogP contribution in [0.3, 0.4) is 0 Å². The van der Waals surface area contributed by atoms with Crippen LogP contribution in [0, 0.1) is 0 Å². The van der Waals surface area contributed by atoms with Crippen molar-refractivity contribution in [1.82, 2.24) is 15.1 Å². The van der Waals surface area contributed by atoms with Gasteiger partial charge in [-0.25, -0.2) is 0 Å². The molecule has 0 radical (unpaired) electrons. The van der Waals surface area contributed by atoms with Crippen LogP contribution in [0.5, 0.6) is 0 Å². The van der Waals surface area contributed by atoms with E-state index in [1.165, 1.54) is 10.9 Å². The van der Waals surface area contributed by atoms with Crippen LogP contribution in [0.15, 0.2) is 6.20 Å². The monoisotopic (exact) mass is 211 g/mol. The normalized spacial score (nSPS) is 9.93. The number of aryl methyl sites for hydroxylation is 1. The zero-order valence-corrected chi connectivity index (χ0v) is 8.36. The van der Waals surface area contributed by atoms with Crippen LogP contribution in [0.25, 0.3) is 0 Å². The lowest BCUT2D eigenvalue weighted by molar-refractivity contribution is -0.117. The Hall–Kier alpha value is -2.05. The lowest BCUT2D eigenvalue weighted by Crippen LogP contribution is -2.29. The number of carbonyl (C=O) groups excluding carboxylic acids is 2. The number of rotatable bonds is 4. The minimum Gasteiger partial charge on any atom is -0.396 e. The first kappa shape index (κ1) is 11.0. The number of nitrogens with zero attached hydrogens (tertiary/aromatic N) is 2. The van der Waals surface area contributed by atoms with Gasteiger partial charge in [0.25, 0.3) is 5.91 Å². The highest BCUT2D eigenvalue weighted by Crippen LogP contribution is 2.08. The van der Waals surface area contributed by atoms with Crippen molar-refractivity contribution in [3.63, 3.8) is 0 Å². The van der Waals surface area contributed by atoms with E-state index in [2.05, 4.69) is 10.4 Å². The maximum Gasteiger partial charge on any atom is 0.271 e. The minimum absolute atomic E-state index is 0.101. The summed E-state index contributed by atoms with van der Waals surface area (Å²) in [5.74, 6) is -0.831. The second kappa shape index (κ2) is 4.45. The van der Waals surface area contributed by atoms with Gasteiger partial charge < -0.3 is 16.8 Å². The number of nitrogen functional groups attached to an aromatic ring is 1. The van der Waals surface area contributed by atoms with E-state index >= 15 is 0 Å². The Balaban J connectivity index is 2.58. The quantitative estimate of drug-likeness (QED) is 0.568. The average molecular weight is 211 g/mol. The molecule has 0 aromatic carbocycles. The molecular formula is C8H13N5O2. The first-order valence-electron chi connectivity index (χ1n) is 4.36. The molecule has 1 heterocycles. The molecule has 15 heavy (non-hydrogen) atoms. The van der Waals surface area contributed by atoms with Crippen molar-refractivity contribution in [3.05, 3.63) is 11.9 Å². The summed E-state index contributed by atoms with van der Waals surface area (Å²) in [5, 5.41) is 6.34. The maximum absolute atomic E-state index is 11.5. The molecule has 0 bridgehead atoms. The Labute approximate surface area is 86.4 Å². The number of amides is 2. The van der Waals surface area contributed by atoms with E-state index in [4.69, 9.17) is 11.5 Å². The van der Waals surface area contributed by atoms with Gasteiger partial charge in [0, 0.05) is 20.0 Å². The summed E-state index contributed by atoms with van der Waals surface area (Å²) >= 11 is 0. The molecule has 0 saturated carbocycles. The summed E-state index contributed by atoms with van der Waals surface area (Å²) in [6, 6.07) is 0. The summed E-state index contributed by atoms with van der Waals surface area (Å²) in [7, 11) is 1.61. The first-order valence-corrected chi connectivity index (χ1v) is 4.36. The van der Waals surface area contributed by atoms with E-state index in [0.29, 0.717) is 5.69 Å². The van der Waals surface area contributed by atoms with Gasteiger partial charge >= 0.3 is 0 Å². The van der Waals surface area contributed by atoms with E-state index in [-0.39, 0.29) is 24.6 Å². The number of anilines is 1. The topological polar surface area (TPSA) is 116 Å². The lowest BCUT2D eigenvalue weighted by Gasteiger charge is -2.04. The number of aromatic nitrogens is 2. The van der Waals surface area contributed by atoms with Crippen LogP contribution in [0.2, 0.25) is 0 Å². The van der Waals surface area contributed by atoms with E-state index in [0.717, 1.165) is 0 Å². The largest absolute Gasteiger partial charge is 0.396 e. The van der Waals surface area contributed by atoms with Crippen molar-refractivity contribution in [1.29, 1.82) is 0 Å². The number of hydrogen-bond donors (Lipinski definition) is 3. The summed E-state index contributed by atoms with van der Waals surface area (Å²) in [6.45, 7) is 0.193. The van der Waals surface area contributed by atoms with E-state index < -0.39 is 5.91 Å². The van der Waals surface area contributed by atoms with E-state index in [1.54, 1.807) is 7.05 Å². The Bertz CT molecular complexity index is 365. The molecular weight excluding hydrogens is 198 g/mol. The van der Waals surface area contributed by atoms with Gasteiger partial charge in [-0.3, -0.25) is 14.3 Å². The van der Waals surface area contributed by atoms with Crippen LogP contribution in [-0.2, 0) is 11.8 Å². The third kappa shape index (κ3) is 2.70. The van der Waals surface area contributed by atoms with E-state index in [1.807, 2.05) is 0 Å². The fourth-order valence-electron chi connectivity index (χ4n) is 1.12. The fraction of sp³-hybridized carbons (Fsp3) is 0.375. The lowest BCUT2D eigenvalue weighted by atomic mass is 10.3. The zero-order chi connectivity index (χ0) is 11.4. The molecule has 0 unspecified atom stereocenters. The van der Waals surface area contributed by atoms with Crippen molar-refractivity contribution in [3.8, 4) is 0 Å². The highest BCUT2D eigenvalue weighted by Gasteiger charge is 2.14. The molecule has 0 fully saturated rings. The summed E-state index contributed by atoms with van der Waals surface area (Å²) < 4.78 is 1.37. The second-order valence-electron chi connectivity index (χ2n) is 3.04. The van der Waals surface area contributed by atoms with Crippen LogP contribution < -0.4 is 16.8 Å². The third-order valence-electron chi connectivity index (χ3n) is 1.84. The highest BCUT2D eigenvalue weighted by atomic mass is 16.2. The number of carbonyl (C=O) groups is 2. The number of hydrogen-bond acceptors (Lipinski definition) is 4. The molecule has 0 aliphatic carbocycles. The predicted molar refractivity (Wildman–Crippen MR) is 53.8 cm³/mol. The van der Waals surface area contributed by atoms with Gasteiger partial charge in [-0.1, -0.05) is 0 Å². The van der Waals surface area contributed by atoms with Gasteiger partial charge in [-0.15, -0.1) is 0 Å². The second-order valence-corrected chi connectivity index (χ2v) is 3.04. The Kier molecular flexibility index (Phi) is 3.27. The van der Waals surface area contributed by atoms with Gasteiger partial charge in [0.2, 0.25) is 5.91 Å². The van der Waals surface area contributed by atoms with Gasteiger partial charge in [0.15, 0.2) is 0 Å². The Morgan fingerprint density at radius 2 is 2.27 bits per heavy atom. The van der Waals surface area contributed by atoms with Crippen LogP contribution in [-0.4, -0.2) is 28.1 Å². The molecule has 0 spiro atoms. The molecule has 0 aliphatic heterocycles. The molecule has 2 amide bonds. The van der Waals surface area contributed by atoms with Crippen molar-refractivity contribution < 1.29 is 9.59 Å². The van der Waals surface area contributed by atoms with Crippen molar-refractivity contribution in [2.45, 2.75) is 6.42 Å². The summed E-state index contributed by atoms with van der Waals surface area (Å²) in [4.78, 5) is 22.0. The van der Waals surface area contributed by atoms with E-state index in [9.17, 15) is 9.59 Å². The molecule has 5 N–H and O–H groups in total.